The topological polar surface area (TPSA) is 35.1 Å². The molecule has 0 aromatic carbocycles. The number of nitrogens with zero attached hydrogens (tertiary/aromatic N) is 4. The maximum absolute atomic E-state index is 12.5. The summed E-state index contributed by atoms with van der Waals surface area (Å²) < 4.78 is 38.6. The highest BCUT2D eigenvalue weighted by Crippen LogP contribution is 2.29. The normalized spacial score (nSPS) is 11.3. The van der Waals surface area contributed by atoms with Gasteiger partial charge in [0.2, 0.25) is 0 Å². The summed E-state index contributed by atoms with van der Waals surface area (Å²) >= 11 is 0. The second kappa shape index (κ2) is 4.14. The fourth-order valence-corrected chi connectivity index (χ4v) is 1.44. The molecule has 0 saturated heterocycles. The molecule has 7 heteroatoms. The van der Waals surface area contributed by atoms with E-state index in [9.17, 15) is 13.2 Å². The van der Waals surface area contributed by atoms with E-state index in [4.69, 9.17) is 6.57 Å². The van der Waals surface area contributed by atoms with Crippen LogP contribution in [0.4, 0.5) is 19.0 Å². The molecule has 4 nitrogen and oxygen atoms in total. The highest BCUT2D eigenvalue weighted by Gasteiger charge is 2.34. The van der Waals surface area contributed by atoms with E-state index >= 15 is 0 Å². The zero-order valence-electron chi connectivity index (χ0n) is 9.23. The number of hydrogen-bond acceptors (Lipinski definition) is 2. The van der Waals surface area contributed by atoms with Gasteiger partial charge in [-0.15, -0.1) is 4.98 Å². The van der Waals surface area contributed by atoms with Crippen LogP contribution in [0.5, 0.6) is 0 Å². The van der Waals surface area contributed by atoms with Crippen LogP contribution in [0.2, 0.25) is 0 Å². The van der Waals surface area contributed by atoms with E-state index in [1.165, 1.54) is 25.3 Å². The molecule has 92 valence electrons. The van der Waals surface area contributed by atoms with Gasteiger partial charge in [0.15, 0.2) is 5.69 Å². The van der Waals surface area contributed by atoms with Crippen molar-refractivity contribution in [3.05, 3.63) is 47.2 Å². The van der Waals surface area contributed by atoms with Crippen molar-refractivity contribution in [1.82, 2.24) is 14.8 Å². The monoisotopic (exact) mass is 252 g/mol. The third kappa shape index (κ3) is 2.18. The summed E-state index contributed by atoms with van der Waals surface area (Å²) in [5.41, 5.74) is -0.218. The van der Waals surface area contributed by atoms with Gasteiger partial charge in [-0.1, -0.05) is 6.57 Å². The van der Waals surface area contributed by atoms with E-state index in [0.717, 1.165) is 10.7 Å². The van der Waals surface area contributed by atoms with Crippen LogP contribution in [0.3, 0.4) is 0 Å². The first-order valence-corrected chi connectivity index (χ1v) is 4.89. The third-order valence-corrected chi connectivity index (χ3v) is 2.27. The first-order valence-electron chi connectivity index (χ1n) is 4.89. The maximum Gasteiger partial charge on any atom is 0.435 e. The number of alkyl halides is 3. The molecule has 0 aliphatic heterocycles. The molecule has 0 bridgehead atoms. The van der Waals surface area contributed by atoms with Crippen LogP contribution < -0.4 is 0 Å². The maximum atomic E-state index is 12.5. The van der Waals surface area contributed by atoms with Crippen molar-refractivity contribution in [3.63, 3.8) is 0 Å². The quantitative estimate of drug-likeness (QED) is 0.731. The van der Waals surface area contributed by atoms with Gasteiger partial charge < -0.3 is 4.85 Å². The van der Waals surface area contributed by atoms with Crippen LogP contribution in [-0.2, 0) is 6.18 Å². The van der Waals surface area contributed by atoms with Gasteiger partial charge in [-0.05, 0) is 25.1 Å². The number of aryl methyl sites for hydroxylation is 1. The Hall–Kier alpha value is -2.36. The van der Waals surface area contributed by atoms with Crippen LogP contribution >= 0.6 is 0 Å². The smallest absolute Gasteiger partial charge is 0.361 e. The lowest BCUT2D eigenvalue weighted by atomic mass is 10.3. The molecule has 2 rings (SSSR count). The number of pyridine rings is 1. The number of hydrogen-bond donors (Lipinski definition) is 0. The highest BCUT2D eigenvalue weighted by atomic mass is 19.4. The molecule has 2 aromatic heterocycles. The standard InChI is InChI=1S/C11H7F3N4/c1-7-5-9(11(12,13)14)17-18(7)8-3-4-10(15-2)16-6-8/h3-6H,1H3. The van der Waals surface area contributed by atoms with Crippen molar-refractivity contribution in [2.24, 2.45) is 0 Å². The van der Waals surface area contributed by atoms with Gasteiger partial charge in [-0.25, -0.2) is 4.68 Å². The number of rotatable bonds is 1. The lowest BCUT2D eigenvalue weighted by Crippen LogP contribution is -2.07. The molecular formula is C11H7F3N4. The zero-order chi connectivity index (χ0) is 13.3. The average molecular weight is 252 g/mol. The Balaban J connectivity index is 2.45. The van der Waals surface area contributed by atoms with E-state index < -0.39 is 11.9 Å². The van der Waals surface area contributed by atoms with E-state index in [1.807, 2.05) is 0 Å². The fraction of sp³-hybridized carbons (Fsp3) is 0.182. The van der Waals surface area contributed by atoms with E-state index in [-0.39, 0.29) is 5.82 Å². The van der Waals surface area contributed by atoms with Crippen LogP contribution in [0.15, 0.2) is 24.4 Å². The number of aromatic nitrogens is 3. The second-order valence-corrected chi connectivity index (χ2v) is 3.57. The Bertz CT molecular complexity index is 605. The molecular weight excluding hydrogens is 245 g/mol. The van der Waals surface area contributed by atoms with Gasteiger partial charge in [-0.3, -0.25) is 0 Å². The van der Waals surface area contributed by atoms with Gasteiger partial charge in [-0.2, -0.15) is 18.3 Å². The van der Waals surface area contributed by atoms with Crippen molar-refractivity contribution >= 4 is 5.82 Å². The van der Waals surface area contributed by atoms with Crippen molar-refractivity contribution in [2.75, 3.05) is 0 Å². The number of halogens is 3. The molecule has 0 radical (unpaired) electrons. The van der Waals surface area contributed by atoms with Crippen LogP contribution in [0, 0.1) is 13.5 Å². The van der Waals surface area contributed by atoms with Crippen molar-refractivity contribution in [3.8, 4) is 5.69 Å². The lowest BCUT2D eigenvalue weighted by Gasteiger charge is -2.02. The summed E-state index contributed by atoms with van der Waals surface area (Å²) in [6.45, 7) is 8.26. The Labute approximate surface area is 101 Å². The molecule has 2 aromatic rings. The third-order valence-electron chi connectivity index (χ3n) is 2.27. The van der Waals surface area contributed by atoms with Crippen molar-refractivity contribution in [1.29, 1.82) is 0 Å². The van der Waals surface area contributed by atoms with Crippen LogP contribution in [0.1, 0.15) is 11.4 Å². The molecule has 0 aliphatic rings. The molecule has 0 saturated carbocycles. The minimum Gasteiger partial charge on any atom is -0.361 e. The predicted octanol–water partition coefficient (Wildman–Crippen LogP) is 3.15. The van der Waals surface area contributed by atoms with Crippen molar-refractivity contribution < 1.29 is 13.2 Å². The van der Waals surface area contributed by atoms with E-state index in [2.05, 4.69) is 14.9 Å². The molecule has 0 aliphatic carbocycles. The molecule has 0 atom stereocenters. The van der Waals surface area contributed by atoms with Gasteiger partial charge in [0.25, 0.3) is 5.82 Å². The van der Waals surface area contributed by atoms with E-state index in [0.29, 0.717) is 11.4 Å². The first kappa shape index (κ1) is 12.1. The summed E-state index contributed by atoms with van der Waals surface area (Å²) in [6, 6.07) is 3.89. The second-order valence-electron chi connectivity index (χ2n) is 3.57. The Morgan fingerprint density at radius 2 is 2.06 bits per heavy atom. The minimum atomic E-state index is -4.47. The molecule has 0 unspecified atom stereocenters. The largest absolute Gasteiger partial charge is 0.435 e. The van der Waals surface area contributed by atoms with Crippen molar-refractivity contribution in [2.45, 2.75) is 13.1 Å². The molecule has 2 heterocycles. The first-order chi connectivity index (χ1) is 8.41. The highest BCUT2D eigenvalue weighted by molar-refractivity contribution is 5.41. The molecule has 0 fully saturated rings. The Morgan fingerprint density at radius 3 is 2.50 bits per heavy atom. The lowest BCUT2D eigenvalue weighted by molar-refractivity contribution is -0.141. The van der Waals surface area contributed by atoms with Gasteiger partial charge in [0.1, 0.15) is 11.9 Å². The average Bonchev–Trinajstić information content (AvgIpc) is 2.71. The molecule has 0 spiro atoms. The van der Waals surface area contributed by atoms with Gasteiger partial charge in [0, 0.05) is 5.69 Å². The fourth-order valence-electron chi connectivity index (χ4n) is 1.44. The molecule has 18 heavy (non-hydrogen) atoms. The predicted molar refractivity (Wildman–Crippen MR) is 57.4 cm³/mol. The summed E-state index contributed by atoms with van der Waals surface area (Å²) in [4.78, 5) is 6.89. The SMILES string of the molecule is [C-]#[N+]c1ccc(-n2nc(C(F)(F)F)cc2C)cn1. The van der Waals surface area contributed by atoms with Crippen LogP contribution in [-0.4, -0.2) is 14.8 Å². The summed E-state index contributed by atoms with van der Waals surface area (Å²) in [7, 11) is 0. The zero-order valence-corrected chi connectivity index (χ0v) is 9.23. The molecule has 0 N–H and O–H groups in total. The van der Waals surface area contributed by atoms with Gasteiger partial charge >= 0.3 is 6.18 Å². The minimum absolute atomic E-state index is 0.180. The molecule has 0 amide bonds. The summed E-state index contributed by atoms with van der Waals surface area (Å²) in [6.07, 6.45) is -3.16. The Morgan fingerprint density at radius 1 is 1.33 bits per heavy atom. The summed E-state index contributed by atoms with van der Waals surface area (Å²) in [5.74, 6) is 0.180. The van der Waals surface area contributed by atoms with Crippen LogP contribution in [0.25, 0.3) is 10.5 Å². The summed E-state index contributed by atoms with van der Waals surface area (Å²) in [5, 5.41) is 3.48. The van der Waals surface area contributed by atoms with Gasteiger partial charge in [0.05, 0.1) is 0 Å². The Kier molecular flexibility index (Phi) is 2.79. The van der Waals surface area contributed by atoms with E-state index in [1.54, 1.807) is 0 Å².